The molecule has 0 bridgehead atoms. The number of rotatable bonds is 8. The Kier molecular flexibility index (Phi) is 7.35. The summed E-state index contributed by atoms with van der Waals surface area (Å²) in [5.74, 6) is 0. The summed E-state index contributed by atoms with van der Waals surface area (Å²) in [5.41, 5.74) is 0.404. The van der Waals surface area contributed by atoms with E-state index in [9.17, 15) is 0 Å². The SMILES string of the molecule is CCCCC(C)(CCO)CCCC. The van der Waals surface area contributed by atoms with Crippen molar-refractivity contribution in [3.05, 3.63) is 0 Å². The van der Waals surface area contributed by atoms with Gasteiger partial charge in [0, 0.05) is 6.61 Å². The Morgan fingerprint density at radius 2 is 1.38 bits per heavy atom. The van der Waals surface area contributed by atoms with Gasteiger partial charge < -0.3 is 5.11 Å². The van der Waals surface area contributed by atoms with Crippen molar-refractivity contribution >= 4 is 0 Å². The minimum Gasteiger partial charge on any atom is -0.396 e. The highest BCUT2D eigenvalue weighted by molar-refractivity contribution is 4.73. The second-order valence-corrected chi connectivity index (χ2v) is 4.49. The van der Waals surface area contributed by atoms with Crippen LogP contribution in [0.2, 0.25) is 0 Å². The standard InChI is InChI=1S/C12H26O/c1-4-6-8-12(3,10-11-13)9-7-5-2/h13H,4-11H2,1-3H3. The average Bonchev–Trinajstić information content (AvgIpc) is 2.12. The number of hydrogen-bond donors (Lipinski definition) is 1. The van der Waals surface area contributed by atoms with E-state index in [2.05, 4.69) is 20.8 Å². The summed E-state index contributed by atoms with van der Waals surface area (Å²) in [4.78, 5) is 0. The van der Waals surface area contributed by atoms with Crippen LogP contribution in [0.3, 0.4) is 0 Å². The summed E-state index contributed by atoms with van der Waals surface area (Å²) >= 11 is 0. The maximum atomic E-state index is 9.00. The van der Waals surface area contributed by atoms with Gasteiger partial charge in [-0.1, -0.05) is 46.5 Å². The molecule has 13 heavy (non-hydrogen) atoms. The Morgan fingerprint density at radius 3 is 1.69 bits per heavy atom. The van der Waals surface area contributed by atoms with Crippen molar-refractivity contribution in [1.29, 1.82) is 0 Å². The molecule has 0 amide bonds. The zero-order valence-corrected chi connectivity index (χ0v) is 9.60. The topological polar surface area (TPSA) is 20.2 Å². The van der Waals surface area contributed by atoms with Gasteiger partial charge >= 0.3 is 0 Å². The Balaban J connectivity index is 3.84. The molecule has 0 aromatic heterocycles. The van der Waals surface area contributed by atoms with Crippen LogP contribution in [0.15, 0.2) is 0 Å². The van der Waals surface area contributed by atoms with Gasteiger partial charge in [0.25, 0.3) is 0 Å². The number of unbranched alkanes of at least 4 members (excludes halogenated alkanes) is 2. The molecule has 0 saturated carbocycles. The van der Waals surface area contributed by atoms with Gasteiger partial charge in [0.2, 0.25) is 0 Å². The highest BCUT2D eigenvalue weighted by Gasteiger charge is 2.21. The molecule has 0 atom stereocenters. The van der Waals surface area contributed by atoms with Gasteiger partial charge in [-0.05, 0) is 24.7 Å². The van der Waals surface area contributed by atoms with Gasteiger partial charge in [0.1, 0.15) is 0 Å². The van der Waals surface area contributed by atoms with Crippen LogP contribution in [0.25, 0.3) is 0 Å². The maximum Gasteiger partial charge on any atom is 0.0436 e. The monoisotopic (exact) mass is 186 g/mol. The molecule has 0 unspecified atom stereocenters. The molecule has 0 saturated heterocycles. The molecular formula is C12H26O. The Bertz CT molecular complexity index is 102. The van der Waals surface area contributed by atoms with Crippen LogP contribution in [-0.2, 0) is 0 Å². The van der Waals surface area contributed by atoms with Crippen LogP contribution in [0.5, 0.6) is 0 Å². The zero-order valence-electron chi connectivity index (χ0n) is 9.60. The Morgan fingerprint density at radius 1 is 0.923 bits per heavy atom. The Hall–Kier alpha value is -0.0400. The fraction of sp³-hybridized carbons (Fsp3) is 1.00. The second-order valence-electron chi connectivity index (χ2n) is 4.49. The second kappa shape index (κ2) is 7.37. The summed E-state index contributed by atoms with van der Waals surface area (Å²) in [6, 6.07) is 0. The lowest BCUT2D eigenvalue weighted by molar-refractivity contribution is 0.168. The fourth-order valence-corrected chi connectivity index (χ4v) is 1.85. The molecule has 0 aliphatic rings. The van der Waals surface area contributed by atoms with E-state index in [1.807, 2.05) is 0 Å². The summed E-state index contributed by atoms with van der Waals surface area (Å²) in [5, 5.41) is 9.00. The van der Waals surface area contributed by atoms with Gasteiger partial charge in [-0.25, -0.2) is 0 Å². The zero-order chi connectivity index (χ0) is 10.2. The average molecular weight is 186 g/mol. The smallest absolute Gasteiger partial charge is 0.0436 e. The summed E-state index contributed by atoms with van der Waals surface area (Å²) < 4.78 is 0. The third kappa shape index (κ3) is 6.09. The molecule has 0 aromatic rings. The van der Waals surface area contributed by atoms with Crippen LogP contribution < -0.4 is 0 Å². The molecule has 0 fully saturated rings. The van der Waals surface area contributed by atoms with E-state index in [4.69, 9.17) is 5.11 Å². The highest BCUT2D eigenvalue weighted by atomic mass is 16.3. The minimum absolute atomic E-state index is 0.351. The summed E-state index contributed by atoms with van der Waals surface area (Å²) in [6.45, 7) is 7.15. The fourth-order valence-electron chi connectivity index (χ4n) is 1.85. The van der Waals surface area contributed by atoms with E-state index >= 15 is 0 Å². The first-order valence-electron chi connectivity index (χ1n) is 5.79. The van der Waals surface area contributed by atoms with Crippen molar-refractivity contribution in [3.8, 4) is 0 Å². The Labute approximate surface area is 83.5 Å². The van der Waals surface area contributed by atoms with Gasteiger partial charge in [0.05, 0.1) is 0 Å². The summed E-state index contributed by atoms with van der Waals surface area (Å²) in [6.07, 6.45) is 8.70. The maximum absolute atomic E-state index is 9.00. The number of hydrogen-bond acceptors (Lipinski definition) is 1. The van der Waals surface area contributed by atoms with Crippen molar-refractivity contribution in [2.75, 3.05) is 6.61 Å². The lowest BCUT2D eigenvalue weighted by Gasteiger charge is -2.28. The van der Waals surface area contributed by atoms with Crippen molar-refractivity contribution in [2.24, 2.45) is 5.41 Å². The normalized spacial score (nSPS) is 12.0. The van der Waals surface area contributed by atoms with E-state index in [1.54, 1.807) is 0 Å². The van der Waals surface area contributed by atoms with Gasteiger partial charge in [0.15, 0.2) is 0 Å². The summed E-state index contributed by atoms with van der Waals surface area (Å²) in [7, 11) is 0. The molecule has 0 heterocycles. The third-order valence-electron chi connectivity index (χ3n) is 2.98. The van der Waals surface area contributed by atoms with Gasteiger partial charge in [-0.15, -0.1) is 0 Å². The molecule has 0 aliphatic heterocycles. The number of aliphatic hydroxyl groups excluding tert-OH is 1. The first-order valence-corrected chi connectivity index (χ1v) is 5.79. The first-order chi connectivity index (χ1) is 6.18. The first kappa shape index (κ1) is 13.0. The van der Waals surface area contributed by atoms with Crippen molar-refractivity contribution in [1.82, 2.24) is 0 Å². The lowest BCUT2D eigenvalue weighted by atomic mass is 9.78. The minimum atomic E-state index is 0.351. The van der Waals surface area contributed by atoms with Crippen molar-refractivity contribution in [3.63, 3.8) is 0 Å². The molecule has 1 N–H and O–H groups in total. The molecule has 0 aromatic carbocycles. The highest BCUT2D eigenvalue weighted by Crippen LogP contribution is 2.33. The van der Waals surface area contributed by atoms with Crippen molar-refractivity contribution in [2.45, 2.75) is 65.7 Å². The molecule has 80 valence electrons. The van der Waals surface area contributed by atoms with Gasteiger partial charge in [-0.3, -0.25) is 0 Å². The molecule has 0 rings (SSSR count). The largest absolute Gasteiger partial charge is 0.396 e. The van der Waals surface area contributed by atoms with E-state index in [0.29, 0.717) is 12.0 Å². The predicted molar refractivity (Wildman–Crippen MR) is 58.9 cm³/mol. The predicted octanol–water partition coefficient (Wildman–Crippen LogP) is 3.76. The van der Waals surface area contributed by atoms with Crippen LogP contribution in [0.4, 0.5) is 0 Å². The van der Waals surface area contributed by atoms with E-state index in [0.717, 1.165) is 6.42 Å². The third-order valence-corrected chi connectivity index (χ3v) is 2.98. The molecule has 1 heteroatoms. The van der Waals surface area contributed by atoms with E-state index < -0.39 is 0 Å². The van der Waals surface area contributed by atoms with Gasteiger partial charge in [-0.2, -0.15) is 0 Å². The molecule has 0 spiro atoms. The lowest BCUT2D eigenvalue weighted by Crippen LogP contribution is -2.18. The van der Waals surface area contributed by atoms with Crippen molar-refractivity contribution < 1.29 is 5.11 Å². The molecule has 0 aliphatic carbocycles. The van der Waals surface area contributed by atoms with Crippen LogP contribution >= 0.6 is 0 Å². The molecule has 0 radical (unpaired) electrons. The quantitative estimate of drug-likeness (QED) is 0.612. The van der Waals surface area contributed by atoms with Crippen LogP contribution in [0, 0.1) is 5.41 Å². The van der Waals surface area contributed by atoms with Crippen LogP contribution in [-0.4, -0.2) is 11.7 Å². The van der Waals surface area contributed by atoms with Crippen LogP contribution in [0.1, 0.15) is 65.7 Å². The van der Waals surface area contributed by atoms with E-state index in [-0.39, 0.29) is 0 Å². The molecular weight excluding hydrogens is 160 g/mol. The number of aliphatic hydroxyl groups is 1. The van der Waals surface area contributed by atoms with E-state index in [1.165, 1.54) is 38.5 Å². The molecule has 1 nitrogen and oxygen atoms in total.